The van der Waals surface area contributed by atoms with Crippen molar-refractivity contribution < 1.29 is 0 Å². The van der Waals surface area contributed by atoms with Crippen molar-refractivity contribution in [2.24, 2.45) is 0 Å². The molecule has 0 fully saturated rings. The molecule has 0 atom stereocenters. The number of hydrogen-bond donors (Lipinski definition) is 0. The van der Waals surface area contributed by atoms with Crippen molar-refractivity contribution in [3.63, 3.8) is 0 Å². The van der Waals surface area contributed by atoms with Crippen LogP contribution in [0.1, 0.15) is 11.1 Å². The van der Waals surface area contributed by atoms with E-state index in [1.807, 2.05) is 48.5 Å². The van der Waals surface area contributed by atoms with Gasteiger partial charge in [0, 0.05) is 11.6 Å². The predicted molar refractivity (Wildman–Crippen MR) is 71.0 cm³/mol. The molecule has 3 aromatic rings. The summed E-state index contributed by atoms with van der Waals surface area (Å²) in [6, 6.07) is 18.9. The van der Waals surface area contributed by atoms with E-state index in [1.54, 1.807) is 4.68 Å². The number of fused-ring (bicyclic) bond motifs is 1. The van der Waals surface area contributed by atoms with Gasteiger partial charge in [-0.2, -0.15) is 4.68 Å². The van der Waals surface area contributed by atoms with Gasteiger partial charge in [-0.05, 0) is 37.1 Å². The molecule has 18 heavy (non-hydrogen) atoms. The summed E-state index contributed by atoms with van der Waals surface area (Å²) in [6.45, 7) is 2.06. The second-order valence-corrected chi connectivity index (χ2v) is 4.09. The van der Waals surface area contributed by atoms with Crippen molar-refractivity contribution in [2.45, 2.75) is 6.92 Å². The summed E-state index contributed by atoms with van der Waals surface area (Å²) in [5.74, 6) is 3.08. The number of hydrogen-bond acceptors (Lipinski definition) is 2. The Morgan fingerprint density at radius 1 is 1.00 bits per heavy atom. The van der Waals surface area contributed by atoms with E-state index in [9.17, 15) is 0 Å². The van der Waals surface area contributed by atoms with Gasteiger partial charge in [0.25, 0.3) is 0 Å². The number of benzene rings is 2. The second-order valence-electron chi connectivity index (χ2n) is 4.09. The summed E-state index contributed by atoms with van der Waals surface area (Å²) in [5, 5.41) is 8.08. The van der Waals surface area contributed by atoms with Crippen molar-refractivity contribution in [1.82, 2.24) is 15.0 Å². The normalized spacial score (nSPS) is 10.1. The fourth-order valence-corrected chi connectivity index (χ4v) is 1.71. The summed E-state index contributed by atoms with van der Waals surface area (Å²) in [4.78, 5) is 0. The first-order valence-corrected chi connectivity index (χ1v) is 5.72. The fraction of sp³-hybridized carbons (Fsp3) is 0.0667. The van der Waals surface area contributed by atoms with E-state index in [0.717, 1.165) is 16.6 Å². The zero-order valence-electron chi connectivity index (χ0n) is 9.96. The Kier molecular flexibility index (Phi) is 2.54. The van der Waals surface area contributed by atoms with Crippen molar-refractivity contribution in [3.05, 3.63) is 59.7 Å². The minimum absolute atomic E-state index is 0.857. The largest absolute Gasteiger partial charge is 0.169 e. The van der Waals surface area contributed by atoms with Gasteiger partial charge in [-0.25, -0.2) is 0 Å². The van der Waals surface area contributed by atoms with E-state index >= 15 is 0 Å². The molecule has 0 aliphatic carbocycles. The Labute approximate surface area is 105 Å². The van der Waals surface area contributed by atoms with Crippen LogP contribution in [0, 0.1) is 18.9 Å². The fourth-order valence-electron chi connectivity index (χ4n) is 1.71. The molecule has 0 bridgehead atoms. The molecular weight excluding hydrogens is 222 g/mol. The van der Waals surface area contributed by atoms with Crippen LogP contribution in [0.2, 0.25) is 0 Å². The van der Waals surface area contributed by atoms with Crippen molar-refractivity contribution in [2.75, 3.05) is 0 Å². The number of aromatic nitrogens is 3. The molecule has 86 valence electrons. The molecule has 0 saturated carbocycles. The molecule has 0 aliphatic heterocycles. The van der Waals surface area contributed by atoms with Gasteiger partial charge in [-0.3, -0.25) is 0 Å². The molecule has 3 heteroatoms. The highest BCUT2D eigenvalue weighted by Gasteiger charge is 1.99. The maximum Gasteiger partial charge on any atom is 0.114 e. The Morgan fingerprint density at radius 2 is 1.78 bits per heavy atom. The zero-order valence-corrected chi connectivity index (χ0v) is 9.96. The van der Waals surface area contributed by atoms with E-state index < -0.39 is 0 Å². The number of rotatable bonds is 0. The first-order chi connectivity index (χ1) is 8.83. The van der Waals surface area contributed by atoms with Crippen LogP contribution in [0.4, 0.5) is 0 Å². The lowest BCUT2D eigenvalue weighted by Crippen LogP contribution is -1.91. The monoisotopic (exact) mass is 233 g/mol. The minimum atomic E-state index is 0.857. The Bertz CT molecular complexity index is 742. The highest BCUT2D eigenvalue weighted by atomic mass is 15.4. The Hall–Kier alpha value is -2.60. The van der Waals surface area contributed by atoms with Gasteiger partial charge >= 0.3 is 0 Å². The molecule has 0 unspecified atom stereocenters. The Morgan fingerprint density at radius 3 is 2.61 bits per heavy atom. The number of para-hydroxylation sites is 1. The van der Waals surface area contributed by atoms with Crippen molar-refractivity contribution in [1.29, 1.82) is 0 Å². The molecule has 0 aliphatic rings. The lowest BCUT2D eigenvalue weighted by atomic mass is 10.2. The lowest BCUT2D eigenvalue weighted by molar-refractivity contribution is 0.848. The standard InChI is InChI=1S/C15H11N3/c1-12-6-8-13(9-7-12)10-11-18-15-5-3-2-4-14(15)16-17-18/h2-9H,1H3. The van der Waals surface area contributed by atoms with Gasteiger partial charge < -0.3 is 0 Å². The van der Waals surface area contributed by atoms with Crippen LogP contribution in [0.5, 0.6) is 0 Å². The summed E-state index contributed by atoms with van der Waals surface area (Å²) in [7, 11) is 0. The average molecular weight is 233 g/mol. The minimum Gasteiger partial charge on any atom is -0.169 e. The Balaban J connectivity index is 2.00. The maximum absolute atomic E-state index is 4.06. The summed E-state index contributed by atoms with van der Waals surface area (Å²) in [5.41, 5.74) is 3.99. The molecular formula is C15H11N3. The zero-order chi connectivity index (χ0) is 12.4. The summed E-state index contributed by atoms with van der Waals surface area (Å²) >= 11 is 0. The van der Waals surface area contributed by atoms with Crippen LogP contribution in [0.3, 0.4) is 0 Å². The van der Waals surface area contributed by atoms with Crippen LogP contribution < -0.4 is 0 Å². The van der Waals surface area contributed by atoms with E-state index in [1.165, 1.54) is 5.56 Å². The molecule has 1 heterocycles. The third kappa shape index (κ3) is 1.96. The first-order valence-electron chi connectivity index (χ1n) is 5.72. The smallest absolute Gasteiger partial charge is 0.114 e. The molecule has 2 aromatic carbocycles. The molecule has 3 rings (SSSR count). The molecule has 0 saturated heterocycles. The third-order valence-corrected chi connectivity index (χ3v) is 2.71. The third-order valence-electron chi connectivity index (χ3n) is 2.71. The van der Waals surface area contributed by atoms with Crippen LogP contribution >= 0.6 is 0 Å². The van der Waals surface area contributed by atoms with Gasteiger partial charge in [0.2, 0.25) is 0 Å². The molecule has 1 aromatic heterocycles. The van der Waals surface area contributed by atoms with Crippen LogP contribution in [-0.4, -0.2) is 15.0 Å². The van der Waals surface area contributed by atoms with Crippen LogP contribution in [0.15, 0.2) is 48.5 Å². The lowest BCUT2D eigenvalue weighted by Gasteiger charge is -1.92. The predicted octanol–water partition coefficient (Wildman–Crippen LogP) is 2.60. The molecule has 0 N–H and O–H groups in total. The average Bonchev–Trinajstić information content (AvgIpc) is 2.82. The van der Waals surface area contributed by atoms with Crippen molar-refractivity contribution >= 4 is 11.0 Å². The quantitative estimate of drug-likeness (QED) is 0.559. The maximum atomic E-state index is 4.06. The highest BCUT2D eigenvalue weighted by Crippen LogP contribution is 2.08. The van der Waals surface area contributed by atoms with Gasteiger partial charge in [0.1, 0.15) is 11.0 Å². The van der Waals surface area contributed by atoms with E-state index in [4.69, 9.17) is 0 Å². The van der Waals surface area contributed by atoms with Gasteiger partial charge in [-0.1, -0.05) is 35.0 Å². The van der Waals surface area contributed by atoms with Gasteiger partial charge in [0.05, 0.1) is 0 Å². The van der Waals surface area contributed by atoms with Crippen LogP contribution in [0.25, 0.3) is 11.0 Å². The highest BCUT2D eigenvalue weighted by molar-refractivity contribution is 5.74. The van der Waals surface area contributed by atoms with Crippen LogP contribution in [-0.2, 0) is 0 Å². The molecule has 0 amide bonds. The van der Waals surface area contributed by atoms with Crippen molar-refractivity contribution in [3.8, 4) is 12.0 Å². The summed E-state index contributed by atoms with van der Waals surface area (Å²) in [6.07, 6.45) is 0. The molecule has 0 spiro atoms. The first kappa shape index (κ1) is 10.5. The SMILES string of the molecule is Cc1ccc(C#Cn2nnc3ccccc32)cc1. The second kappa shape index (κ2) is 4.34. The number of nitrogens with zero attached hydrogens (tertiary/aromatic N) is 3. The van der Waals surface area contributed by atoms with Gasteiger partial charge in [0.15, 0.2) is 0 Å². The van der Waals surface area contributed by atoms with E-state index in [2.05, 4.69) is 29.2 Å². The summed E-state index contributed by atoms with van der Waals surface area (Å²) < 4.78 is 1.61. The number of aryl methyl sites for hydroxylation is 1. The van der Waals surface area contributed by atoms with E-state index in [-0.39, 0.29) is 0 Å². The topological polar surface area (TPSA) is 30.7 Å². The van der Waals surface area contributed by atoms with Gasteiger partial charge in [-0.15, -0.1) is 5.10 Å². The van der Waals surface area contributed by atoms with E-state index in [0.29, 0.717) is 0 Å². The molecule has 3 nitrogen and oxygen atoms in total. The molecule has 0 radical (unpaired) electrons.